The maximum absolute atomic E-state index is 10.5. The van der Waals surface area contributed by atoms with Crippen molar-refractivity contribution in [3.63, 3.8) is 0 Å². The summed E-state index contributed by atoms with van der Waals surface area (Å²) >= 11 is 0. The molecule has 0 radical (unpaired) electrons. The van der Waals surface area contributed by atoms with Crippen LogP contribution in [-0.4, -0.2) is 11.9 Å². The molecule has 0 bridgehead atoms. The van der Waals surface area contributed by atoms with Gasteiger partial charge in [0.15, 0.2) is 0 Å². The van der Waals surface area contributed by atoms with Gasteiger partial charge >= 0.3 is 0 Å². The van der Waals surface area contributed by atoms with Crippen LogP contribution < -0.4 is 10.2 Å². The Labute approximate surface area is 95.7 Å². The van der Waals surface area contributed by atoms with Gasteiger partial charge in [0.05, 0.1) is 11.9 Å². The van der Waals surface area contributed by atoms with Gasteiger partial charge in [-0.25, -0.2) is 0 Å². The van der Waals surface area contributed by atoms with Crippen LogP contribution in [0.1, 0.15) is 45.4 Å². The molecule has 4 nitrogen and oxygen atoms in total. The van der Waals surface area contributed by atoms with E-state index in [1.54, 1.807) is 0 Å². The van der Waals surface area contributed by atoms with E-state index < -0.39 is 24.3 Å². The fourth-order valence-electron chi connectivity index (χ4n) is 1.20. The minimum Gasteiger partial charge on any atom is -0.550 e. The van der Waals surface area contributed by atoms with Crippen LogP contribution in [0.25, 0.3) is 0 Å². The van der Waals surface area contributed by atoms with E-state index in [0.717, 1.165) is 25.7 Å². The highest BCUT2D eigenvalue weighted by Gasteiger charge is 2.05. The number of hydrogen-bond acceptors (Lipinski definition) is 4. The fourth-order valence-corrected chi connectivity index (χ4v) is 1.20. The minimum absolute atomic E-state index is 0.594. The monoisotopic (exact) mass is 224 g/mol. The van der Waals surface area contributed by atoms with Gasteiger partial charge in [-0.3, -0.25) is 0 Å². The summed E-state index contributed by atoms with van der Waals surface area (Å²) in [4.78, 5) is 20.7. The van der Waals surface area contributed by atoms with E-state index in [2.05, 4.69) is 18.8 Å². The Kier molecular flexibility index (Phi) is 7.96. The average molecular weight is 224 g/mol. The Bertz CT molecular complexity index is 285. The van der Waals surface area contributed by atoms with Crippen molar-refractivity contribution in [2.45, 2.75) is 45.4 Å². The van der Waals surface area contributed by atoms with Crippen molar-refractivity contribution in [2.75, 3.05) is 0 Å². The predicted molar refractivity (Wildman–Crippen MR) is 54.7 cm³/mol. The zero-order chi connectivity index (χ0) is 12.4. The number of rotatable bonds is 7. The molecule has 1 atom stereocenters. The molecule has 0 aliphatic heterocycles. The standard InChI is InChI=1S/C12H18O4/c1-2-3-4-5-6-7-8-10(12(15)16)9-11(13)14/h10H,2-6,9H2,1H3,(H,13,14)(H,15,16)/p-2. The fraction of sp³-hybridized carbons (Fsp3) is 0.667. The summed E-state index contributed by atoms with van der Waals surface area (Å²) in [6.45, 7) is 2.09. The normalized spacial score (nSPS) is 11.3. The Hall–Kier alpha value is -1.50. The van der Waals surface area contributed by atoms with E-state index in [9.17, 15) is 19.8 Å². The number of carbonyl (C=O) groups excluding carboxylic acids is 2. The van der Waals surface area contributed by atoms with E-state index in [1.807, 2.05) is 0 Å². The third-order valence-electron chi connectivity index (χ3n) is 2.09. The lowest BCUT2D eigenvalue weighted by Crippen LogP contribution is -2.35. The average Bonchev–Trinajstić information content (AvgIpc) is 2.20. The van der Waals surface area contributed by atoms with Crippen molar-refractivity contribution in [3.05, 3.63) is 0 Å². The molecule has 0 rings (SSSR count). The largest absolute Gasteiger partial charge is 0.550 e. The Morgan fingerprint density at radius 1 is 1.19 bits per heavy atom. The SMILES string of the molecule is CCCCCCC#CC(CC(=O)[O-])C(=O)[O-]. The maximum Gasteiger partial charge on any atom is 0.0650 e. The van der Waals surface area contributed by atoms with Gasteiger partial charge in [-0.1, -0.05) is 32.1 Å². The number of carbonyl (C=O) groups is 2. The summed E-state index contributed by atoms with van der Waals surface area (Å²) in [5, 5.41) is 20.7. The van der Waals surface area contributed by atoms with Crippen LogP contribution >= 0.6 is 0 Å². The molecule has 4 heteroatoms. The van der Waals surface area contributed by atoms with Gasteiger partial charge in [0.2, 0.25) is 0 Å². The first kappa shape index (κ1) is 14.5. The summed E-state index contributed by atoms with van der Waals surface area (Å²) in [5.41, 5.74) is 0. The Morgan fingerprint density at radius 2 is 1.88 bits per heavy atom. The lowest BCUT2D eigenvalue weighted by molar-refractivity contribution is -0.318. The molecule has 0 N–H and O–H groups in total. The van der Waals surface area contributed by atoms with Crippen LogP contribution in [-0.2, 0) is 9.59 Å². The second-order valence-electron chi connectivity index (χ2n) is 3.58. The molecule has 0 saturated carbocycles. The smallest absolute Gasteiger partial charge is 0.0650 e. The summed E-state index contributed by atoms with van der Waals surface area (Å²) in [6, 6.07) is 0. The first-order valence-corrected chi connectivity index (χ1v) is 5.47. The van der Waals surface area contributed by atoms with Crippen LogP contribution in [0.3, 0.4) is 0 Å². The van der Waals surface area contributed by atoms with Crippen LogP contribution in [0, 0.1) is 17.8 Å². The molecular weight excluding hydrogens is 208 g/mol. The summed E-state index contributed by atoms with van der Waals surface area (Å²) < 4.78 is 0. The highest BCUT2D eigenvalue weighted by molar-refractivity contribution is 5.78. The minimum atomic E-state index is -1.45. The quantitative estimate of drug-likeness (QED) is 0.430. The topological polar surface area (TPSA) is 80.3 Å². The van der Waals surface area contributed by atoms with Crippen LogP contribution in [0.2, 0.25) is 0 Å². The van der Waals surface area contributed by atoms with E-state index in [-0.39, 0.29) is 0 Å². The molecule has 1 unspecified atom stereocenters. The number of aliphatic carboxylic acids is 2. The molecule has 0 fully saturated rings. The van der Waals surface area contributed by atoms with E-state index in [4.69, 9.17) is 0 Å². The number of carboxylic acids is 2. The highest BCUT2D eigenvalue weighted by Crippen LogP contribution is 2.03. The number of unbranched alkanes of at least 4 members (excludes halogenated alkanes) is 4. The van der Waals surface area contributed by atoms with E-state index in [0.29, 0.717) is 6.42 Å². The summed E-state index contributed by atoms with van der Waals surface area (Å²) in [6.07, 6.45) is 4.21. The Morgan fingerprint density at radius 3 is 2.38 bits per heavy atom. The molecule has 0 aromatic rings. The number of carboxylic acid groups (broad SMARTS) is 2. The zero-order valence-corrected chi connectivity index (χ0v) is 9.45. The molecule has 0 aliphatic carbocycles. The van der Waals surface area contributed by atoms with Gasteiger partial charge in [0, 0.05) is 18.8 Å². The summed E-state index contributed by atoms with van der Waals surface area (Å²) in [7, 11) is 0. The molecule has 0 aliphatic rings. The lowest BCUT2D eigenvalue weighted by atomic mass is 10.1. The molecular formula is C12H16O4-2. The van der Waals surface area contributed by atoms with Crippen molar-refractivity contribution in [1.29, 1.82) is 0 Å². The summed E-state index contributed by atoms with van der Waals surface area (Å²) in [5.74, 6) is 0.935. The van der Waals surface area contributed by atoms with Crippen LogP contribution in [0.5, 0.6) is 0 Å². The molecule has 0 heterocycles. The second-order valence-corrected chi connectivity index (χ2v) is 3.58. The third kappa shape index (κ3) is 7.86. The lowest BCUT2D eigenvalue weighted by Gasteiger charge is -2.11. The van der Waals surface area contributed by atoms with Gasteiger partial charge in [-0.15, -0.1) is 5.92 Å². The molecule has 0 saturated heterocycles. The van der Waals surface area contributed by atoms with Gasteiger partial charge in [0.1, 0.15) is 0 Å². The van der Waals surface area contributed by atoms with Crippen molar-refractivity contribution < 1.29 is 19.8 Å². The van der Waals surface area contributed by atoms with Crippen LogP contribution in [0.15, 0.2) is 0 Å². The van der Waals surface area contributed by atoms with Gasteiger partial charge < -0.3 is 19.8 Å². The van der Waals surface area contributed by atoms with Crippen molar-refractivity contribution >= 4 is 11.9 Å². The zero-order valence-electron chi connectivity index (χ0n) is 9.45. The van der Waals surface area contributed by atoms with Gasteiger partial charge in [-0.2, -0.15) is 0 Å². The van der Waals surface area contributed by atoms with Crippen molar-refractivity contribution in [3.8, 4) is 11.8 Å². The predicted octanol–water partition coefficient (Wildman–Crippen LogP) is -0.534. The first-order chi connectivity index (χ1) is 7.57. The second kappa shape index (κ2) is 8.78. The van der Waals surface area contributed by atoms with Gasteiger partial charge in [-0.05, 0) is 6.42 Å². The molecule has 0 aromatic heterocycles. The number of hydrogen-bond donors (Lipinski definition) is 0. The molecule has 0 amide bonds. The van der Waals surface area contributed by atoms with Crippen LogP contribution in [0.4, 0.5) is 0 Å². The third-order valence-corrected chi connectivity index (χ3v) is 2.09. The van der Waals surface area contributed by atoms with E-state index >= 15 is 0 Å². The van der Waals surface area contributed by atoms with Gasteiger partial charge in [0.25, 0.3) is 0 Å². The van der Waals surface area contributed by atoms with E-state index in [1.165, 1.54) is 0 Å². The molecule has 90 valence electrons. The first-order valence-electron chi connectivity index (χ1n) is 5.47. The molecule has 16 heavy (non-hydrogen) atoms. The Balaban J connectivity index is 3.94. The van der Waals surface area contributed by atoms with Crippen molar-refractivity contribution in [1.82, 2.24) is 0 Å². The maximum atomic E-state index is 10.5. The molecule has 0 aromatic carbocycles. The molecule has 0 spiro atoms. The van der Waals surface area contributed by atoms with Crippen molar-refractivity contribution in [2.24, 2.45) is 5.92 Å². The highest BCUT2D eigenvalue weighted by atomic mass is 16.4.